The maximum Gasteiger partial charge on any atom is 0.288 e. The number of hydrogen-bond donors (Lipinski definition) is 0. The van der Waals surface area contributed by atoms with Gasteiger partial charge in [-0.15, -0.1) is 0 Å². The molecule has 0 radical (unpaired) electrons. The Balaban J connectivity index is 1.39. The molecule has 7 nitrogen and oxygen atoms in total. The van der Waals surface area contributed by atoms with E-state index in [2.05, 4.69) is 19.9 Å². The highest BCUT2D eigenvalue weighted by Crippen LogP contribution is 2.44. The van der Waals surface area contributed by atoms with Crippen molar-refractivity contribution >= 4 is 5.91 Å². The second-order valence-corrected chi connectivity index (χ2v) is 8.98. The molecule has 2 bridgehead atoms. The molecule has 0 saturated carbocycles. The molecule has 5 rings (SSSR count). The molecule has 3 aromatic rings. The van der Waals surface area contributed by atoms with Crippen molar-refractivity contribution in [3.8, 4) is 17.1 Å². The molecule has 0 N–H and O–H groups in total. The molecule has 1 amide bonds. The van der Waals surface area contributed by atoms with Crippen molar-refractivity contribution in [3.05, 3.63) is 66.0 Å². The lowest BCUT2D eigenvalue weighted by Gasteiger charge is -2.25. The number of halogens is 2. The van der Waals surface area contributed by atoms with Gasteiger partial charge in [0.1, 0.15) is 11.4 Å². The van der Waals surface area contributed by atoms with Crippen molar-refractivity contribution in [1.82, 2.24) is 24.8 Å². The zero-order valence-electron chi connectivity index (χ0n) is 19.0. The normalized spacial score (nSPS) is 21.6. The molecule has 0 spiro atoms. The molecule has 2 aromatic heterocycles. The summed E-state index contributed by atoms with van der Waals surface area (Å²) in [7, 11) is 1.58. The standard InChI is InChI=1S/C25H25F2N5O2/c1-25(26,27)22-14-30-16(13-31-22)10-15-11-17-4-7-21(15)32(17)24(33)19-6-5-18(34-2)12-20(19)23-28-8-3-9-29-23/h3,5-6,8-9,12-15,17,21H,4,7,10-11H2,1-2H3. The zero-order chi connectivity index (χ0) is 23.9. The van der Waals surface area contributed by atoms with Crippen LogP contribution in [0.2, 0.25) is 0 Å². The fourth-order valence-corrected chi connectivity index (χ4v) is 5.20. The Morgan fingerprint density at radius 2 is 1.94 bits per heavy atom. The second kappa shape index (κ2) is 8.70. The summed E-state index contributed by atoms with van der Waals surface area (Å²) in [5.41, 5.74) is 1.51. The van der Waals surface area contributed by atoms with E-state index in [1.807, 2.05) is 4.90 Å². The first kappa shape index (κ1) is 22.3. The van der Waals surface area contributed by atoms with Crippen LogP contribution in [0.1, 0.15) is 47.9 Å². The second-order valence-electron chi connectivity index (χ2n) is 8.98. The van der Waals surface area contributed by atoms with Crippen LogP contribution in [0, 0.1) is 5.92 Å². The van der Waals surface area contributed by atoms with E-state index in [9.17, 15) is 13.6 Å². The predicted molar refractivity (Wildman–Crippen MR) is 120 cm³/mol. The van der Waals surface area contributed by atoms with Gasteiger partial charge in [-0.25, -0.2) is 9.97 Å². The number of aromatic nitrogens is 4. The number of hydrogen-bond acceptors (Lipinski definition) is 6. The Kier molecular flexibility index (Phi) is 5.71. The van der Waals surface area contributed by atoms with E-state index in [1.54, 1.807) is 43.8 Å². The Hall–Kier alpha value is -3.49. The van der Waals surface area contributed by atoms with Gasteiger partial charge in [0.15, 0.2) is 5.82 Å². The first-order chi connectivity index (χ1) is 16.3. The van der Waals surface area contributed by atoms with Crippen molar-refractivity contribution in [2.24, 2.45) is 5.92 Å². The molecule has 3 atom stereocenters. The van der Waals surface area contributed by atoms with Crippen LogP contribution in [0.25, 0.3) is 11.4 Å². The van der Waals surface area contributed by atoms with Crippen LogP contribution < -0.4 is 4.74 Å². The topological polar surface area (TPSA) is 81.1 Å². The van der Waals surface area contributed by atoms with E-state index in [4.69, 9.17) is 4.74 Å². The first-order valence-corrected chi connectivity index (χ1v) is 11.3. The van der Waals surface area contributed by atoms with E-state index in [0.29, 0.717) is 34.8 Å². The van der Waals surface area contributed by atoms with Crippen LogP contribution in [0.5, 0.6) is 5.75 Å². The van der Waals surface area contributed by atoms with Gasteiger partial charge >= 0.3 is 0 Å². The lowest BCUT2D eigenvalue weighted by Crippen LogP contribution is -2.37. The van der Waals surface area contributed by atoms with Gasteiger partial charge in [-0.05, 0) is 55.9 Å². The third-order valence-corrected chi connectivity index (χ3v) is 6.79. The van der Waals surface area contributed by atoms with E-state index < -0.39 is 5.92 Å². The maximum atomic E-state index is 13.8. The summed E-state index contributed by atoms with van der Waals surface area (Å²) >= 11 is 0. The monoisotopic (exact) mass is 465 g/mol. The van der Waals surface area contributed by atoms with Gasteiger partial charge in [0.25, 0.3) is 11.8 Å². The predicted octanol–water partition coefficient (Wildman–Crippen LogP) is 4.29. The Labute approximate surface area is 196 Å². The van der Waals surface area contributed by atoms with Gasteiger partial charge < -0.3 is 9.64 Å². The molecule has 2 aliphatic heterocycles. The lowest BCUT2D eigenvalue weighted by atomic mass is 9.86. The average molecular weight is 466 g/mol. The number of carbonyl (C=O) groups excluding carboxylic acids is 1. The number of methoxy groups -OCH3 is 1. The minimum atomic E-state index is -3.01. The van der Waals surface area contributed by atoms with Crippen LogP contribution in [-0.4, -0.2) is 49.9 Å². The zero-order valence-corrected chi connectivity index (χ0v) is 19.0. The highest BCUT2D eigenvalue weighted by molar-refractivity contribution is 6.01. The number of fused-ring (bicyclic) bond motifs is 2. The van der Waals surface area contributed by atoms with E-state index in [-0.39, 0.29) is 29.6 Å². The molecule has 0 aliphatic carbocycles. The molecular weight excluding hydrogens is 440 g/mol. The van der Waals surface area contributed by atoms with Gasteiger partial charge in [0, 0.05) is 43.2 Å². The minimum absolute atomic E-state index is 0.0489. The average Bonchev–Trinajstić information content (AvgIpc) is 3.41. The number of nitrogens with zero attached hydrogens (tertiary/aromatic N) is 5. The fourth-order valence-electron chi connectivity index (χ4n) is 5.20. The van der Waals surface area contributed by atoms with Gasteiger partial charge in [-0.3, -0.25) is 14.8 Å². The molecule has 2 fully saturated rings. The quantitative estimate of drug-likeness (QED) is 0.540. The highest BCUT2D eigenvalue weighted by Gasteiger charge is 2.48. The summed E-state index contributed by atoms with van der Waals surface area (Å²) in [5.74, 6) is -1.76. The van der Waals surface area contributed by atoms with Crippen LogP contribution in [0.4, 0.5) is 8.78 Å². The summed E-state index contributed by atoms with van der Waals surface area (Å²) in [6, 6.07) is 7.27. The maximum absolute atomic E-state index is 13.8. The highest BCUT2D eigenvalue weighted by atomic mass is 19.3. The van der Waals surface area contributed by atoms with Crippen LogP contribution >= 0.6 is 0 Å². The van der Waals surface area contributed by atoms with Gasteiger partial charge in [0.2, 0.25) is 0 Å². The van der Waals surface area contributed by atoms with E-state index in [0.717, 1.165) is 32.4 Å². The molecule has 34 heavy (non-hydrogen) atoms. The summed E-state index contributed by atoms with van der Waals surface area (Å²) < 4.78 is 32.3. The number of benzene rings is 1. The van der Waals surface area contributed by atoms with Crippen molar-refractivity contribution in [2.45, 2.75) is 50.6 Å². The molecule has 176 valence electrons. The summed E-state index contributed by atoms with van der Waals surface area (Å²) in [6.07, 6.45) is 9.19. The molecule has 2 saturated heterocycles. The van der Waals surface area contributed by atoms with Gasteiger partial charge in [0.05, 0.1) is 24.6 Å². The largest absolute Gasteiger partial charge is 0.497 e. The fraction of sp³-hybridized carbons (Fsp3) is 0.400. The minimum Gasteiger partial charge on any atom is -0.497 e. The number of alkyl halides is 2. The smallest absolute Gasteiger partial charge is 0.288 e. The van der Waals surface area contributed by atoms with Gasteiger partial charge in [-0.2, -0.15) is 8.78 Å². The molecule has 9 heteroatoms. The number of rotatable bonds is 6. The summed E-state index contributed by atoms with van der Waals surface area (Å²) in [4.78, 5) is 32.5. The Morgan fingerprint density at radius 1 is 1.15 bits per heavy atom. The SMILES string of the molecule is COc1ccc(C(=O)N2C3CCC2C(Cc2cnc(C(C)(F)F)cn2)C3)c(-c2ncccn2)c1. The number of amides is 1. The van der Waals surface area contributed by atoms with Crippen molar-refractivity contribution in [3.63, 3.8) is 0 Å². The van der Waals surface area contributed by atoms with Crippen molar-refractivity contribution < 1.29 is 18.3 Å². The summed E-state index contributed by atoms with van der Waals surface area (Å²) in [6.45, 7) is 0.810. The molecule has 3 unspecified atom stereocenters. The van der Waals surface area contributed by atoms with Crippen molar-refractivity contribution in [2.75, 3.05) is 7.11 Å². The van der Waals surface area contributed by atoms with Crippen LogP contribution in [0.15, 0.2) is 49.1 Å². The Morgan fingerprint density at radius 3 is 2.62 bits per heavy atom. The molecule has 2 aliphatic rings. The third-order valence-electron chi connectivity index (χ3n) is 6.79. The van der Waals surface area contributed by atoms with Gasteiger partial charge in [-0.1, -0.05) is 0 Å². The van der Waals surface area contributed by atoms with Crippen LogP contribution in [0.3, 0.4) is 0 Å². The van der Waals surface area contributed by atoms with Crippen LogP contribution in [-0.2, 0) is 12.3 Å². The molecule has 1 aromatic carbocycles. The molecular formula is C25H25F2N5O2. The Bertz CT molecular complexity index is 1180. The van der Waals surface area contributed by atoms with E-state index in [1.165, 1.54) is 6.20 Å². The van der Waals surface area contributed by atoms with Crippen molar-refractivity contribution in [1.29, 1.82) is 0 Å². The number of carbonyl (C=O) groups is 1. The summed E-state index contributed by atoms with van der Waals surface area (Å²) in [5, 5.41) is 0. The first-order valence-electron chi connectivity index (χ1n) is 11.3. The third kappa shape index (κ3) is 4.10. The van der Waals surface area contributed by atoms with E-state index >= 15 is 0 Å². The lowest BCUT2D eigenvalue weighted by molar-refractivity contribution is 0.0123. The molecule has 4 heterocycles. The number of ether oxygens (including phenoxy) is 1.